The topological polar surface area (TPSA) is 141 Å². The lowest BCUT2D eigenvalue weighted by molar-refractivity contribution is -0.875. The van der Waals surface area contributed by atoms with E-state index in [2.05, 4.69) is 5.92 Å². The Morgan fingerprint density at radius 2 is 1.15 bits per heavy atom. The van der Waals surface area contributed by atoms with Crippen molar-refractivity contribution in [2.45, 2.75) is 110 Å². The Kier molecular flexibility index (Phi) is 16.0. The van der Waals surface area contributed by atoms with E-state index >= 15 is 0 Å². The largest absolute Gasteiger partial charge is 0.463 e. The molecule has 0 bridgehead atoms. The Labute approximate surface area is 242 Å². The summed E-state index contributed by atoms with van der Waals surface area (Å²) in [5.41, 5.74) is 0. The molecule has 1 fully saturated rings. The number of ether oxygens (including phenoxy) is 6. The van der Waals surface area contributed by atoms with E-state index in [-0.39, 0.29) is 43.3 Å². The number of nitrogens with zero attached hydrogens (tertiary/aromatic N) is 1. The fourth-order valence-corrected chi connectivity index (χ4v) is 4.02. The van der Waals surface area contributed by atoms with E-state index in [4.69, 9.17) is 34.8 Å². The molecular weight excluding hydrogens is 538 g/mol. The molecule has 0 radical (unpaired) electrons. The molecule has 0 N–H and O–H groups in total. The Morgan fingerprint density at radius 1 is 0.683 bits per heavy atom. The molecule has 1 aliphatic heterocycles. The van der Waals surface area contributed by atoms with Crippen LogP contribution in [0.15, 0.2) is 0 Å². The van der Waals surface area contributed by atoms with Gasteiger partial charge in [0.25, 0.3) is 0 Å². The van der Waals surface area contributed by atoms with Crippen molar-refractivity contribution in [2.75, 3.05) is 33.8 Å². The molecule has 1 heterocycles. The molecule has 1 aliphatic rings. The predicted molar refractivity (Wildman–Crippen MR) is 146 cm³/mol. The van der Waals surface area contributed by atoms with Crippen molar-refractivity contribution >= 4 is 29.8 Å². The minimum absolute atomic E-state index is 0.0250. The van der Waals surface area contributed by atoms with E-state index < -0.39 is 67.2 Å². The smallest absolute Gasteiger partial charge is 0.364 e. The van der Waals surface area contributed by atoms with Gasteiger partial charge in [0.05, 0.1) is 14.1 Å². The lowest BCUT2D eigenvalue weighted by Gasteiger charge is -2.44. The molecule has 12 heteroatoms. The van der Waals surface area contributed by atoms with Gasteiger partial charge in [-0.3, -0.25) is 19.2 Å². The third-order valence-corrected chi connectivity index (χ3v) is 5.94. The van der Waals surface area contributed by atoms with Crippen LogP contribution in [-0.4, -0.2) is 98.8 Å². The Morgan fingerprint density at radius 3 is 1.63 bits per heavy atom. The van der Waals surface area contributed by atoms with Gasteiger partial charge in [0.1, 0.15) is 19.3 Å². The lowest BCUT2D eigenvalue weighted by Crippen LogP contribution is -2.63. The van der Waals surface area contributed by atoms with Crippen molar-refractivity contribution in [3.05, 3.63) is 0 Å². The van der Waals surface area contributed by atoms with Gasteiger partial charge >= 0.3 is 29.8 Å². The number of esters is 5. The zero-order valence-electron chi connectivity index (χ0n) is 25.2. The standard InChI is InChI=1S/C29H46NO11/c1-8-13-21(31)36-19-20-26(38-22(32)14-9-2)27(39-23(33)15-10-3)28(40-24(34)16-11-4)29(37-20)41-25(35)18-30(6,7)17-12-5/h5,20,26-29H,8-11,13-19H2,1-4,6-7H3/q+1/t20-,26-,27+,28-,29?/m1/s1. The van der Waals surface area contributed by atoms with E-state index in [0.717, 1.165) is 0 Å². The zero-order chi connectivity index (χ0) is 31.0. The molecule has 1 rings (SSSR count). The minimum atomic E-state index is -1.57. The minimum Gasteiger partial charge on any atom is -0.463 e. The fourth-order valence-electron chi connectivity index (χ4n) is 4.02. The van der Waals surface area contributed by atoms with Crippen LogP contribution < -0.4 is 0 Å². The second-order valence-electron chi connectivity index (χ2n) is 10.5. The first-order valence-corrected chi connectivity index (χ1v) is 14.3. The van der Waals surface area contributed by atoms with Gasteiger partial charge in [0, 0.05) is 25.7 Å². The van der Waals surface area contributed by atoms with Crippen LogP contribution in [0, 0.1) is 12.3 Å². The predicted octanol–water partition coefficient (Wildman–Crippen LogP) is 2.44. The highest BCUT2D eigenvalue weighted by atomic mass is 16.7. The van der Waals surface area contributed by atoms with Gasteiger partial charge in [-0.1, -0.05) is 27.7 Å². The molecule has 232 valence electrons. The Hall–Kier alpha value is -3.17. The number of carbonyl (C=O) groups is 5. The Balaban J connectivity index is 3.53. The lowest BCUT2D eigenvalue weighted by atomic mass is 9.97. The normalized spacial score (nSPS) is 22.1. The van der Waals surface area contributed by atoms with Crippen molar-refractivity contribution in [1.29, 1.82) is 0 Å². The van der Waals surface area contributed by atoms with Crippen LogP contribution in [0.25, 0.3) is 0 Å². The number of carbonyl (C=O) groups excluding carboxylic acids is 5. The highest BCUT2D eigenvalue weighted by Crippen LogP contribution is 2.31. The first-order chi connectivity index (χ1) is 19.4. The summed E-state index contributed by atoms with van der Waals surface area (Å²) in [6.07, 6.45) is 0.611. The van der Waals surface area contributed by atoms with Crippen LogP contribution in [-0.2, 0) is 52.4 Å². The van der Waals surface area contributed by atoms with Gasteiger partial charge in [-0.2, -0.15) is 0 Å². The molecule has 0 aromatic carbocycles. The number of hydrogen-bond donors (Lipinski definition) is 0. The quantitative estimate of drug-likeness (QED) is 0.108. The van der Waals surface area contributed by atoms with Crippen LogP contribution >= 0.6 is 0 Å². The maximum atomic E-state index is 13.0. The van der Waals surface area contributed by atoms with Gasteiger partial charge in [-0.05, 0) is 31.6 Å². The molecule has 0 amide bonds. The SMILES string of the molecule is C#CC[N+](C)(C)CC(=O)OC1O[C@H](COC(=O)CCC)[C@@H](OC(=O)CCC)[C@H](OC(=O)CCC)[C@H]1OC(=O)CCC. The molecule has 0 aliphatic carbocycles. The van der Waals surface area contributed by atoms with Crippen LogP contribution in [0.4, 0.5) is 0 Å². The molecule has 0 aromatic heterocycles. The van der Waals surface area contributed by atoms with E-state index in [1.807, 2.05) is 6.92 Å². The third kappa shape index (κ3) is 12.9. The van der Waals surface area contributed by atoms with Crippen LogP contribution in [0.3, 0.4) is 0 Å². The summed E-state index contributed by atoms with van der Waals surface area (Å²) in [6.45, 7) is 6.83. The third-order valence-electron chi connectivity index (χ3n) is 5.94. The van der Waals surface area contributed by atoms with E-state index in [1.54, 1.807) is 34.9 Å². The maximum Gasteiger partial charge on any atom is 0.364 e. The molecule has 1 unspecified atom stereocenters. The number of hydrogen-bond acceptors (Lipinski definition) is 11. The van der Waals surface area contributed by atoms with Gasteiger partial charge < -0.3 is 32.9 Å². The summed E-state index contributed by atoms with van der Waals surface area (Å²) >= 11 is 0. The highest BCUT2D eigenvalue weighted by molar-refractivity contribution is 5.73. The van der Waals surface area contributed by atoms with Crippen LogP contribution in [0.5, 0.6) is 0 Å². The molecule has 0 saturated carbocycles. The summed E-state index contributed by atoms with van der Waals surface area (Å²) in [5, 5.41) is 0. The van der Waals surface area contributed by atoms with Crippen molar-refractivity contribution < 1.29 is 56.9 Å². The maximum absolute atomic E-state index is 13.0. The number of quaternary nitrogens is 1. The van der Waals surface area contributed by atoms with Gasteiger partial charge in [0.2, 0.25) is 12.4 Å². The molecule has 12 nitrogen and oxygen atoms in total. The second kappa shape index (κ2) is 18.3. The Bertz CT molecular complexity index is 926. The fraction of sp³-hybridized carbons (Fsp3) is 0.759. The van der Waals surface area contributed by atoms with Crippen molar-refractivity contribution in [3.63, 3.8) is 0 Å². The van der Waals surface area contributed by atoms with Crippen molar-refractivity contribution in [1.82, 2.24) is 0 Å². The molecule has 5 atom stereocenters. The average Bonchev–Trinajstić information content (AvgIpc) is 2.86. The molecular formula is C29H46NO11+. The summed E-state index contributed by atoms with van der Waals surface area (Å²) in [6, 6.07) is 0. The van der Waals surface area contributed by atoms with Crippen LogP contribution in [0.2, 0.25) is 0 Å². The van der Waals surface area contributed by atoms with Gasteiger partial charge in [-0.25, -0.2) is 4.79 Å². The summed E-state index contributed by atoms with van der Waals surface area (Å²) in [7, 11) is 3.46. The van der Waals surface area contributed by atoms with Crippen molar-refractivity contribution in [3.8, 4) is 12.3 Å². The average molecular weight is 585 g/mol. The second-order valence-corrected chi connectivity index (χ2v) is 10.5. The van der Waals surface area contributed by atoms with E-state index in [1.165, 1.54) is 0 Å². The summed E-state index contributed by atoms with van der Waals surface area (Å²) < 4.78 is 34.1. The van der Waals surface area contributed by atoms with Crippen molar-refractivity contribution in [2.24, 2.45) is 0 Å². The first-order valence-electron chi connectivity index (χ1n) is 14.3. The van der Waals surface area contributed by atoms with E-state index in [0.29, 0.717) is 25.7 Å². The van der Waals surface area contributed by atoms with E-state index in [9.17, 15) is 24.0 Å². The summed E-state index contributed by atoms with van der Waals surface area (Å²) in [4.78, 5) is 63.2. The molecule has 0 aromatic rings. The number of terminal acetylenes is 1. The first kappa shape index (κ1) is 35.9. The van der Waals surface area contributed by atoms with Crippen LogP contribution in [0.1, 0.15) is 79.1 Å². The number of likely N-dealkylation sites (N-methyl/N-ethyl adjacent to an activating group) is 1. The number of rotatable bonds is 17. The monoisotopic (exact) mass is 584 g/mol. The van der Waals surface area contributed by atoms with Gasteiger partial charge in [0.15, 0.2) is 18.8 Å². The van der Waals surface area contributed by atoms with Gasteiger partial charge in [-0.15, -0.1) is 6.42 Å². The summed E-state index contributed by atoms with van der Waals surface area (Å²) in [5.74, 6) is -0.680. The zero-order valence-corrected chi connectivity index (χ0v) is 25.2. The molecule has 1 saturated heterocycles. The highest BCUT2D eigenvalue weighted by Gasteiger charge is 2.54. The molecule has 0 spiro atoms. The molecule has 41 heavy (non-hydrogen) atoms.